The molecule has 0 N–H and O–H groups in total. The van der Waals surface area contributed by atoms with Gasteiger partial charge in [-0.3, -0.25) is 0 Å². The van der Waals surface area contributed by atoms with E-state index in [1.165, 1.54) is 0 Å². The fraction of sp³-hybridized carbons (Fsp3) is 0.308. The van der Waals surface area contributed by atoms with Crippen LogP contribution in [0.1, 0.15) is 24.6 Å². The summed E-state index contributed by atoms with van der Waals surface area (Å²) in [5.74, 6) is 0.391. The minimum atomic E-state index is 0.391. The summed E-state index contributed by atoms with van der Waals surface area (Å²) in [6, 6.07) is 7.87. The lowest BCUT2D eigenvalue weighted by atomic mass is 10.2. The number of halogens is 3. The summed E-state index contributed by atoms with van der Waals surface area (Å²) >= 11 is 15.8. The van der Waals surface area contributed by atoms with E-state index < -0.39 is 0 Å². The molecule has 0 aliphatic rings. The van der Waals surface area contributed by atoms with Gasteiger partial charge in [0.15, 0.2) is 0 Å². The number of hydrogen-bond donors (Lipinski definition) is 0. The Morgan fingerprint density at radius 3 is 2.78 bits per heavy atom. The molecule has 0 aliphatic heterocycles. The molecule has 5 heteroatoms. The molecule has 0 saturated heterocycles. The van der Waals surface area contributed by atoms with Crippen LogP contribution in [-0.2, 0) is 12.3 Å². The van der Waals surface area contributed by atoms with Gasteiger partial charge in [0.2, 0.25) is 0 Å². The first-order valence-corrected chi connectivity index (χ1v) is 7.46. The molecule has 0 amide bonds. The molecule has 0 atom stereocenters. The number of benzene rings is 1. The summed E-state index contributed by atoms with van der Waals surface area (Å²) < 4.78 is 2.74. The molecular formula is C13H13BrCl2N2. The highest BCUT2D eigenvalue weighted by Crippen LogP contribution is 2.27. The van der Waals surface area contributed by atoms with Crippen LogP contribution in [0.2, 0.25) is 5.15 Å². The smallest absolute Gasteiger partial charge is 0.137 e. The molecule has 2 nitrogen and oxygen atoms in total. The lowest BCUT2D eigenvalue weighted by Gasteiger charge is -2.03. The van der Waals surface area contributed by atoms with Crippen LogP contribution in [0.15, 0.2) is 28.7 Å². The van der Waals surface area contributed by atoms with Gasteiger partial charge >= 0.3 is 0 Å². The molecule has 0 fully saturated rings. The standard InChI is InChI=1S/C13H13BrCl2N2/c1-2-4-12-11(8-15)13(16)18(17-12)10-6-3-5-9(14)7-10/h3,5-7H,2,4,8H2,1H3. The summed E-state index contributed by atoms with van der Waals surface area (Å²) in [5, 5.41) is 5.16. The first-order valence-electron chi connectivity index (χ1n) is 5.75. The number of aryl methyl sites for hydroxylation is 1. The second-order valence-corrected chi connectivity index (χ2v) is 5.53. The van der Waals surface area contributed by atoms with E-state index in [-0.39, 0.29) is 0 Å². The Kier molecular flexibility index (Phi) is 4.71. The van der Waals surface area contributed by atoms with Crippen molar-refractivity contribution in [3.8, 4) is 5.69 Å². The third-order valence-corrected chi connectivity index (χ3v) is 3.83. The third kappa shape index (κ3) is 2.73. The summed E-state index contributed by atoms with van der Waals surface area (Å²) in [6.07, 6.45) is 1.92. The Morgan fingerprint density at radius 1 is 1.39 bits per heavy atom. The van der Waals surface area contributed by atoms with Crippen molar-refractivity contribution < 1.29 is 0 Å². The predicted octanol–water partition coefficient (Wildman–Crippen LogP) is 4.98. The fourth-order valence-corrected chi connectivity index (χ4v) is 2.87. The van der Waals surface area contributed by atoms with Gasteiger partial charge in [-0.05, 0) is 24.6 Å². The molecule has 0 unspecified atom stereocenters. The van der Waals surface area contributed by atoms with Crippen molar-refractivity contribution in [1.82, 2.24) is 9.78 Å². The number of hydrogen-bond acceptors (Lipinski definition) is 1. The molecule has 0 aliphatic carbocycles. The molecule has 2 aromatic rings. The number of rotatable bonds is 4. The summed E-state index contributed by atoms with van der Waals surface area (Å²) in [4.78, 5) is 0. The number of nitrogens with zero attached hydrogens (tertiary/aromatic N) is 2. The van der Waals surface area contributed by atoms with Gasteiger partial charge in [0, 0.05) is 10.0 Å². The van der Waals surface area contributed by atoms with E-state index in [2.05, 4.69) is 28.0 Å². The van der Waals surface area contributed by atoms with Crippen LogP contribution < -0.4 is 0 Å². The third-order valence-electron chi connectivity index (χ3n) is 2.68. The number of alkyl halides is 1. The van der Waals surface area contributed by atoms with Crippen molar-refractivity contribution in [3.63, 3.8) is 0 Å². The van der Waals surface area contributed by atoms with Gasteiger partial charge in [0.1, 0.15) is 5.15 Å². The number of aromatic nitrogens is 2. The molecule has 2 rings (SSSR count). The van der Waals surface area contributed by atoms with E-state index in [0.717, 1.165) is 34.3 Å². The van der Waals surface area contributed by atoms with E-state index in [4.69, 9.17) is 23.2 Å². The zero-order chi connectivity index (χ0) is 13.1. The van der Waals surface area contributed by atoms with Crippen LogP contribution in [0.5, 0.6) is 0 Å². The van der Waals surface area contributed by atoms with Crippen molar-refractivity contribution in [2.45, 2.75) is 25.6 Å². The van der Waals surface area contributed by atoms with Gasteiger partial charge in [-0.1, -0.05) is 46.9 Å². The maximum Gasteiger partial charge on any atom is 0.137 e. The van der Waals surface area contributed by atoms with Crippen molar-refractivity contribution in [2.75, 3.05) is 0 Å². The predicted molar refractivity (Wildman–Crippen MR) is 79.8 cm³/mol. The van der Waals surface area contributed by atoms with Gasteiger partial charge < -0.3 is 0 Å². The Hall–Kier alpha value is -0.510. The monoisotopic (exact) mass is 346 g/mol. The van der Waals surface area contributed by atoms with Gasteiger partial charge in [-0.15, -0.1) is 11.6 Å². The zero-order valence-electron chi connectivity index (χ0n) is 9.96. The molecule has 1 aromatic carbocycles. The molecule has 0 radical (unpaired) electrons. The van der Waals surface area contributed by atoms with E-state index in [1.807, 2.05) is 24.3 Å². The van der Waals surface area contributed by atoms with Crippen LogP contribution in [-0.4, -0.2) is 9.78 Å². The van der Waals surface area contributed by atoms with Gasteiger partial charge in [-0.25, -0.2) is 4.68 Å². The molecule has 96 valence electrons. The second-order valence-electron chi connectivity index (χ2n) is 3.99. The van der Waals surface area contributed by atoms with E-state index in [9.17, 15) is 0 Å². The molecule has 0 spiro atoms. The molecular weight excluding hydrogens is 335 g/mol. The summed E-state index contributed by atoms with van der Waals surface area (Å²) in [5.41, 5.74) is 2.85. The van der Waals surface area contributed by atoms with Crippen LogP contribution in [0, 0.1) is 0 Å². The van der Waals surface area contributed by atoms with Gasteiger partial charge in [-0.2, -0.15) is 5.10 Å². The lowest BCUT2D eigenvalue weighted by molar-refractivity contribution is 0.805. The van der Waals surface area contributed by atoms with Gasteiger partial charge in [0.25, 0.3) is 0 Å². The topological polar surface area (TPSA) is 17.8 Å². The average molecular weight is 348 g/mol. The Morgan fingerprint density at radius 2 is 2.17 bits per heavy atom. The highest BCUT2D eigenvalue weighted by atomic mass is 79.9. The minimum absolute atomic E-state index is 0.391. The molecule has 18 heavy (non-hydrogen) atoms. The summed E-state index contributed by atoms with van der Waals surface area (Å²) in [7, 11) is 0. The first kappa shape index (κ1) is 13.9. The second kappa shape index (κ2) is 6.09. The quantitative estimate of drug-likeness (QED) is 0.713. The molecule has 0 saturated carbocycles. The first-order chi connectivity index (χ1) is 8.67. The minimum Gasteiger partial charge on any atom is -0.222 e. The maximum absolute atomic E-state index is 6.35. The normalized spacial score (nSPS) is 10.9. The van der Waals surface area contributed by atoms with E-state index in [1.54, 1.807) is 4.68 Å². The van der Waals surface area contributed by atoms with Crippen LogP contribution >= 0.6 is 39.1 Å². The van der Waals surface area contributed by atoms with Gasteiger partial charge in [0.05, 0.1) is 17.3 Å². The molecule has 0 bridgehead atoms. The van der Waals surface area contributed by atoms with Crippen molar-refractivity contribution >= 4 is 39.1 Å². The Bertz CT molecular complexity index is 552. The fourth-order valence-electron chi connectivity index (χ4n) is 1.82. The Labute approximate surface area is 125 Å². The SMILES string of the molecule is CCCc1nn(-c2cccc(Br)c2)c(Cl)c1CCl. The summed E-state index contributed by atoms with van der Waals surface area (Å²) in [6.45, 7) is 2.12. The van der Waals surface area contributed by atoms with Crippen LogP contribution in [0.4, 0.5) is 0 Å². The van der Waals surface area contributed by atoms with E-state index >= 15 is 0 Å². The maximum atomic E-state index is 6.35. The molecule has 1 heterocycles. The lowest BCUT2D eigenvalue weighted by Crippen LogP contribution is -1.97. The largest absolute Gasteiger partial charge is 0.222 e. The molecule has 1 aromatic heterocycles. The Balaban J connectivity index is 2.51. The van der Waals surface area contributed by atoms with Crippen LogP contribution in [0.25, 0.3) is 5.69 Å². The van der Waals surface area contributed by atoms with Crippen molar-refractivity contribution in [1.29, 1.82) is 0 Å². The van der Waals surface area contributed by atoms with Crippen molar-refractivity contribution in [3.05, 3.63) is 45.1 Å². The van der Waals surface area contributed by atoms with E-state index in [0.29, 0.717) is 11.0 Å². The highest BCUT2D eigenvalue weighted by Gasteiger charge is 2.15. The van der Waals surface area contributed by atoms with Crippen molar-refractivity contribution in [2.24, 2.45) is 0 Å². The van der Waals surface area contributed by atoms with Crippen LogP contribution in [0.3, 0.4) is 0 Å². The average Bonchev–Trinajstić information content (AvgIpc) is 2.66. The zero-order valence-corrected chi connectivity index (χ0v) is 13.1. The highest BCUT2D eigenvalue weighted by molar-refractivity contribution is 9.10.